The van der Waals surface area contributed by atoms with Crippen LogP contribution in [0.3, 0.4) is 0 Å². The molecule has 1 atom stereocenters. The van der Waals surface area contributed by atoms with Gasteiger partial charge in [-0.2, -0.15) is 0 Å². The Labute approximate surface area is 95.1 Å². The standard InChI is InChI=1S/C11H14N2O2S/c12-10-3-1-9(2-4-10)7-13-11-5-6-16(14,15)8-11/h1-6,11,13H,7-8,12H2/t11-/m0/s1. The first-order chi connectivity index (χ1) is 7.55. The van der Waals surface area contributed by atoms with Gasteiger partial charge in [-0.25, -0.2) is 8.42 Å². The number of nitrogens with two attached hydrogens (primary N) is 1. The van der Waals surface area contributed by atoms with Gasteiger partial charge in [0.15, 0.2) is 9.84 Å². The lowest BCUT2D eigenvalue weighted by Gasteiger charge is -2.09. The zero-order chi connectivity index (χ0) is 11.6. The SMILES string of the molecule is Nc1ccc(CN[C@H]2C=CS(=O)(=O)C2)cc1. The van der Waals surface area contributed by atoms with Gasteiger partial charge in [-0.15, -0.1) is 0 Å². The van der Waals surface area contributed by atoms with Crippen molar-refractivity contribution in [3.8, 4) is 0 Å². The van der Waals surface area contributed by atoms with Crippen molar-refractivity contribution < 1.29 is 8.42 Å². The molecule has 3 N–H and O–H groups in total. The maximum atomic E-state index is 11.2. The van der Waals surface area contributed by atoms with Crippen LogP contribution in [0, 0.1) is 0 Å². The van der Waals surface area contributed by atoms with E-state index in [-0.39, 0.29) is 11.8 Å². The molecule has 86 valence electrons. The topological polar surface area (TPSA) is 72.2 Å². The van der Waals surface area contributed by atoms with Gasteiger partial charge in [0.25, 0.3) is 0 Å². The highest BCUT2D eigenvalue weighted by atomic mass is 32.2. The second-order valence-corrected chi connectivity index (χ2v) is 5.82. The predicted molar refractivity (Wildman–Crippen MR) is 64.4 cm³/mol. The van der Waals surface area contributed by atoms with E-state index in [0.29, 0.717) is 6.54 Å². The molecule has 1 heterocycles. The highest BCUT2D eigenvalue weighted by Crippen LogP contribution is 2.10. The van der Waals surface area contributed by atoms with E-state index in [1.807, 2.05) is 24.3 Å². The Kier molecular flexibility index (Phi) is 2.98. The minimum Gasteiger partial charge on any atom is -0.399 e. The van der Waals surface area contributed by atoms with E-state index in [0.717, 1.165) is 11.3 Å². The Hall–Kier alpha value is -1.33. The first-order valence-corrected chi connectivity index (χ1v) is 6.75. The van der Waals surface area contributed by atoms with Gasteiger partial charge in [-0.05, 0) is 17.7 Å². The number of nitrogens with one attached hydrogen (secondary N) is 1. The first kappa shape index (κ1) is 11.2. The van der Waals surface area contributed by atoms with Crippen molar-refractivity contribution in [3.05, 3.63) is 41.3 Å². The van der Waals surface area contributed by atoms with Crippen molar-refractivity contribution in [2.75, 3.05) is 11.5 Å². The van der Waals surface area contributed by atoms with Crippen molar-refractivity contribution >= 4 is 15.5 Å². The van der Waals surface area contributed by atoms with E-state index >= 15 is 0 Å². The average Bonchev–Trinajstić information content (AvgIpc) is 2.58. The molecule has 0 saturated carbocycles. The summed E-state index contributed by atoms with van der Waals surface area (Å²) in [5.41, 5.74) is 7.39. The summed E-state index contributed by atoms with van der Waals surface area (Å²) in [6, 6.07) is 7.43. The van der Waals surface area contributed by atoms with Gasteiger partial charge < -0.3 is 11.1 Å². The second kappa shape index (κ2) is 4.27. The molecule has 0 saturated heterocycles. The van der Waals surface area contributed by atoms with Crippen molar-refractivity contribution in [2.45, 2.75) is 12.6 Å². The third kappa shape index (κ3) is 2.84. The molecule has 16 heavy (non-hydrogen) atoms. The predicted octanol–water partition coefficient (Wildman–Crippen LogP) is 0.669. The van der Waals surface area contributed by atoms with Gasteiger partial charge in [0, 0.05) is 23.7 Å². The van der Waals surface area contributed by atoms with E-state index < -0.39 is 9.84 Å². The van der Waals surface area contributed by atoms with Crippen LogP contribution in [-0.2, 0) is 16.4 Å². The summed E-state index contributed by atoms with van der Waals surface area (Å²) in [5, 5.41) is 4.44. The monoisotopic (exact) mass is 238 g/mol. The van der Waals surface area contributed by atoms with E-state index in [1.165, 1.54) is 5.41 Å². The van der Waals surface area contributed by atoms with Gasteiger partial charge in [0.05, 0.1) is 5.75 Å². The number of anilines is 1. The van der Waals surface area contributed by atoms with Crippen LogP contribution >= 0.6 is 0 Å². The Bertz CT molecular complexity index is 491. The molecule has 0 aliphatic carbocycles. The van der Waals surface area contributed by atoms with Gasteiger partial charge in [-0.3, -0.25) is 0 Å². The van der Waals surface area contributed by atoms with E-state index in [9.17, 15) is 8.42 Å². The molecule has 0 bridgehead atoms. The highest BCUT2D eigenvalue weighted by molar-refractivity contribution is 7.94. The van der Waals surface area contributed by atoms with Crippen LogP contribution < -0.4 is 11.1 Å². The lowest BCUT2D eigenvalue weighted by molar-refractivity contribution is 0.590. The molecular formula is C11H14N2O2S. The summed E-state index contributed by atoms with van der Waals surface area (Å²) in [6.45, 7) is 0.644. The molecule has 0 spiro atoms. The normalized spacial score (nSPS) is 22.4. The number of hydrogen-bond donors (Lipinski definition) is 2. The van der Waals surface area contributed by atoms with Crippen LogP contribution in [0.2, 0.25) is 0 Å². The summed E-state index contributed by atoms with van der Waals surface area (Å²) >= 11 is 0. The lowest BCUT2D eigenvalue weighted by Crippen LogP contribution is -2.29. The minimum absolute atomic E-state index is 0.0810. The van der Waals surface area contributed by atoms with E-state index in [2.05, 4.69) is 5.32 Å². The summed E-state index contributed by atoms with van der Waals surface area (Å²) in [5.74, 6) is 0.155. The number of hydrogen-bond acceptors (Lipinski definition) is 4. The van der Waals surface area contributed by atoms with Gasteiger partial charge in [-0.1, -0.05) is 18.2 Å². The minimum atomic E-state index is -2.97. The van der Waals surface area contributed by atoms with Crippen LogP contribution in [0.5, 0.6) is 0 Å². The number of rotatable bonds is 3. The maximum absolute atomic E-state index is 11.2. The first-order valence-electron chi connectivity index (χ1n) is 5.04. The highest BCUT2D eigenvalue weighted by Gasteiger charge is 2.20. The molecule has 1 aromatic rings. The third-order valence-corrected chi connectivity index (χ3v) is 3.87. The molecule has 1 aliphatic heterocycles. The molecule has 0 unspecified atom stereocenters. The summed E-state index contributed by atoms with van der Waals surface area (Å²) in [6.07, 6.45) is 1.69. The fourth-order valence-corrected chi connectivity index (χ4v) is 2.86. The van der Waals surface area contributed by atoms with Crippen molar-refractivity contribution in [1.82, 2.24) is 5.32 Å². The molecule has 0 amide bonds. The molecular weight excluding hydrogens is 224 g/mol. The average molecular weight is 238 g/mol. The van der Waals surface area contributed by atoms with Crippen LogP contribution in [0.25, 0.3) is 0 Å². The molecule has 2 rings (SSSR count). The summed E-state index contributed by atoms with van der Waals surface area (Å²) < 4.78 is 22.3. The Morgan fingerprint density at radius 3 is 2.56 bits per heavy atom. The van der Waals surface area contributed by atoms with Crippen LogP contribution in [0.1, 0.15) is 5.56 Å². The fourth-order valence-electron chi connectivity index (χ4n) is 1.59. The lowest BCUT2D eigenvalue weighted by atomic mass is 10.2. The molecule has 5 heteroatoms. The Morgan fingerprint density at radius 1 is 1.31 bits per heavy atom. The Balaban J connectivity index is 1.89. The van der Waals surface area contributed by atoms with Gasteiger partial charge in [0.2, 0.25) is 0 Å². The second-order valence-electron chi connectivity index (χ2n) is 3.89. The Morgan fingerprint density at radius 2 is 2.00 bits per heavy atom. The molecule has 4 nitrogen and oxygen atoms in total. The quantitative estimate of drug-likeness (QED) is 0.759. The summed E-state index contributed by atoms with van der Waals surface area (Å²) in [4.78, 5) is 0. The van der Waals surface area contributed by atoms with Crippen molar-refractivity contribution in [1.29, 1.82) is 0 Å². The largest absolute Gasteiger partial charge is 0.399 e. The van der Waals surface area contributed by atoms with Crippen LogP contribution in [-0.4, -0.2) is 20.2 Å². The third-order valence-electron chi connectivity index (χ3n) is 2.48. The molecule has 0 fully saturated rings. The van der Waals surface area contributed by atoms with Crippen molar-refractivity contribution in [2.24, 2.45) is 0 Å². The van der Waals surface area contributed by atoms with Crippen LogP contribution in [0.4, 0.5) is 5.69 Å². The smallest absolute Gasteiger partial charge is 0.173 e. The number of nitrogen functional groups attached to an aromatic ring is 1. The zero-order valence-electron chi connectivity index (χ0n) is 8.76. The molecule has 1 aromatic carbocycles. The fraction of sp³-hybridized carbons (Fsp3) is 0.273. The number of benzene rings is 1. The van der Waals surface area contributed by atoms with E-state index in [4.69, 9.17) is 5.73 Å². The van der Waals surface area contributed by atoms with Gasteiger partial charge >= 0.3 is 0 Å². The maximum Gasteiger partial charge on any atom is 0.173 e. The molecule has 1 aliphatic rings. The van der Waals surface area contributed by atoms with Crippen LogP contribution in [0.15, 0.2) is 35.7 Å². The molecule has 0 aromatic heterocycles. The zero-order valence-corrected chi connectivity index (χ0v) is 9.57. The van der Waals surface area contributed by atoms with E-state index in [1.54, 1.807) is 6.08 Å². The van der Waals surface area contributed by atoms with Crippen molar-refractivity contribution in [3.63, 3.8) is 0 Å². The molecule has 0 radical (unpaired) electrons. The summed E-state index contributed by atoms with van der Waals surface area (Å²) in [7, 11) is -2.97. The number of sulfone groups is 1. The van der Waals surface area contributed by atoms with Gasteiger partial charge in [0.1, 0.15) is 0 Å².